The highest BCUT2D eigenvalue weighted by atomic mass is 35.5. The molecular formula is C24H25Cl4NO2S. The number of hydrogen-bond acceptors (Lipinski definition) is 4. The van der Waals surface area contributed by atoms with E-state index in [1.807, 2.05) is 42.5 Å². The number of aryl methyl sites for hydroxylation is 1. The van der Waals surface area contributed by atoms with E-state index in [4.69, 9.17) is 40.5 Å². The van der Waals surface area contributed by atoms with Crippen LogP contribution in [0.15, 0.2) is 70.5 Å². The molecule has 0 saturated heterocycles. The van der Waals surface area contributed by atoms with Gasteiger partial charge in [0.05, 0.1) is 18.8 Å². The van der Waals surface area contributed by atoms with Crippen LogP contribution < -0.4 is 5.73 Å². The third kappa shape index (κ3) is 7.54. The van der Waals surface area contributed by atoms with Crippen molar-refractivity contribution in [2.75, 3.05) is 13.2 Å². The molecule has 0 aliphatic rings. The fraction of sp³-hybridized carbons (Fsp3) is 0.250. The fourth-order valence-corrected chi connectivity index (χ4v) is 4.93. The Morgan fingerprint density at radius 3 is 1.94 bits per heavy atom. The van der Waals surface area contributed by atoms with Gasteiger partial charge in [-0.1, -0.05) is 64.8 Å². The molecule has 0 fully saturated rings. The number of aliphatic hydroxyl groups excluding tert-OH is 2. The molecule has 32 heavy (non-hydrogen) atoms. The van der Waals surface area contributed by atoms with E-state index in [0.717, 1.165) is 39.3 Å². The zero-order chi connectivity index (χ0) is 22.4. The molecule has 0 atom stereocenters. The van der Waals surface area contributed by atoms with Crippen LogP contribution in [-0.4, -0.2) is 29.0 Å². The molecule has 0 aliphatic carbocycles. The van der Waals surface area contributed by atoms with Crippen molar-refractivity contribution in [2.24, 2.45) is 5.73 Å². The average Bonchev–Trinajstić information content (AvgIpc) is 2.75. The lowest BCUT2D eigenvalue weighted by Gasteiger charge is -2.24. The van der Waals surface area contributed by atoms with Gasteiger partial charge in [0.15, 0.2) is 0 Å². The topological polar surface area (TPSA) is 66.5 Å². The molecular weight excluding hydrogens is 508 g/mol. The maximum Gasteiger partial charge on any atom is 0.0633 e. The van der Waals surface area contributed by atoms with E-state index in [1.165, 1.54) is 0 Å². The van der Waals surface area contributed by atoms with Crippen LogP contribution in [-0.2, 0) is 6.42 Å². The van der Waals surface area contributed by atoms with Crippen molar-refractivity contribution in [1.82, 2.24) is 0 Å². The Balaban J connectivity index is 0.00000363. The summed E-state index contributed by atoms with van der Waals surface area (Å²) in [4.78, 5) is 2.14. The van der Waals surface area contributed by atoms with Crippen molar-refractivity contribution in [3.05, 3.63) is 81.3 Å². The summed E-state index contributed by atoms with van der Waals surface area (Å²) in [7, 11) is 0. The predicted molar refractivity (Wildman–Crippen MR) is 139 cm³/mol. The maximum atomic E-state index is 9.29. The Bertz CT molecular complexity index is 1010. The quantitative estimate of drug-likeness (QED) is 0.280. The SMILES string of the molecule is Cl.NC(CO)(CO)CCCc1ccc(Sc2ccc(-c3cc(Cl)cc(Cl)c3)cc2)cc1Cl. The molecule has 8 heteroatoms. The number of rotatable bonds is 9. The number of halogens is 4. The highest BCUT2D eigenvalue weighted by Crippen LogP contribution is 2.34. The minimum Gasteiger partial charge on any atom is -0.394 e. The summed E-state index contributed by atoms with van der Waals surface area (Å²) in [5, 5.41) is 20.5. The average molecular weight is 533 g/mol. The summed E-state index contributed by atoms with van der Waals surface area (Å²) in [6, 6.07) is 19.7. The van der Waals surface area contributed by atoms with Crippen molar-refractivity contribution in [2.45, 2.75) is 34.6 Å². The third-order valence-corrected chi connectivity index (χ3v) is 6.85. The predicted octanol–water partition coefficient (Wildman–Crippen LogP) is 6.89. The minimum absolute atomic E-state index is 0. The van der Waals surface area contributed by atoms with Gasteiger partial charge in [-0.2, -0.15) is 0 Å². The highest BCUT2D eigenvalue weighted by Gasteiger charge is 2.22. The van der Waals surface area contributed by atoms with Crippen LogP contribution in [0, 0.1) is 0 Å². The molecule has 0 heterocycles. The first kappa shape index (κ1) is 27.3. The zero-order valence-electron chi connectivity index (χ0n) is 17.2. The summed E-state index contributed by atoms with van der Waals surface area (Å²) in [6.07, 6.45) is 2.00. The summed E-state index contributed by atoms with van der Waals surface area (Å²) < 4.78 is 0. The van der Waals surface area contributed by atoms with E-state index < -0.39 is 5.54 Å². The van der Waals surface area contributed by atoms with Crippen LogP contribution in [0.4, 0.5) is 0 Å². The molecule has 3 aromatic rings. The molecule has 0 aromatic heterocycles. The number of hydrogen-bond donors (Lipinski definition) is 3. The lowest BCUT2D eigenvalue weighted by atomic mass is 9.94. The van der Waals surface area contributed by atoms with Gasteiger partial charge in [-0.15, -0.1) is 12.4 Å². The van der Waals surface area contributed by atoms with Gasteiger partial charge >= 0.3 is 0 Å². The normalized spacial score (nSPS) is 11.3. The Labute approximate surface area is 214 Å². The molecule has 0 unspecified atom stereocenters. The van der Waals surface area contributed by atoms with Gasteiger partial charge in [-0.3, -0.25) is 0 Å². The van der Waals surface area contributed by atoms with Crippen molar-refractivity contribution < 1.29 is 10.2 Å². The number of aliphatic hydroxyl groups is 2. The van der Waals surface area contributed by atoms with Crippen LogP contribution >= 0.6 is 59.0 Å². The lowest BCUT2D eigenvalue weighted by Crippen LogP contribution is -2.47. The fourth-order valence-electron chi connectivity index (χ4n) is 3.21. The first-order valence-corrected chi connectivity index (χ1v) is 11.8. The van der Waals surface area contributed by atoms with Crippen LogP contribution in [0.25, 0.3) is 11.1 Å². The van der Waals surface area contributed by atoms with Crippen LogP contribution in [0.3, 0.4) is 0 Å². The summed E-state index contributed by atoms with van der Waals surface area (Å²) in [6.45, 7) is -0.480. The first-order valence-electron chi connectivity index (χ1n) is 9.85. The van der Waals surface area contributed by atoms with E-state index in [9.17, 15) is 10.2 Å². The molecule has 4 N–H and O–H groups in total. The van der Waals surface area contributed by atoms with Gasteiger partial charge < -0.3 is 15.9 Å². The van der Waals surface area contributed by atoms with E-state index in [1.54, 1.807) is 17.8 Å². The molecule has 0 spiro atoms. The Hall–Kier alpha value is -0.950. The second-order valence-corrected chi connectivity index (χ2v) is 10.00. The summed E-state index contributed by atoms with van der Waals surface area (Å²) >= 11 is 20.3. The zero-order valence-corrected chi connectivity index (χ0v) is 21.1. The van der Waals surface area contributed by atoms with E-state index in [2.05, 4.69) is 12.1 Å². The minimum atomic E-state index is -0.940. The van der Waals surface area contributed by atoms with Crippen LogP contribution in [0.1, 0.15) is 18.4 Å². The van der Waals surface area contributed by atoms with Gasteiger partial charge in [0, 0.05) is 24.9 Å². The largest absolute Gasteiger partial charge is 0.394 e. The van der Waals surface area contributed by atoms with Crippen molar-refractivity contribution in [3.63, 3.8) is 0 Å². The second-order valence-electron chi connectivity index (χ2n) is 7.57. The Kier molecular flexibility index (Phi) is 10.7. The molecule has 0 amide bonds. The number of benzene rings is 3. The van der Waals surface area contributed by atoms with Gasteiger partial charge in [0.25, 0.3) is 0 Å². The van der Waals surface area contributed by atoms with Crippen molar-refractivity contribution in [3.8, 4) is 11.1 Å². The molecule has 3 rings (SSSR count). The van der Waals surface area contributed by atoms with Gasteiger partial charge in [-0.05, 0) is 78.4 Å². The lowest BCUT2D eigenvalue weighted by molar-refractivity contribution is 0.113. The molecule has 0 bridgehead atoms. The van der Waals surface area contributed by atoms with Crippen LogP contribution in [0.5, 0.6) is 0 Å². The molecule has 0 saturated carbocycles. The smallest absolute Gasteiger partial charge is 0.0633 e. The summed E-state index contributed by atoms with van der Waals surface area (Å²) in [5.74, 6) is 0. The summed E-state index contributed by atoms with van der Waals surface area (Å²) in [5.41, 5.74) is 8.03. The van der Waals surface area contributed by atoms with Gasteiger partial charge in [0.1, 0.15) is 0 Å². The Morgan fingerprint density at radius 2 is 1.38 bits per heavy atom. The van der Waals surface area contributed by atoms with Gasteiger partial charge in [-0.25, -0.2) is 0 Å². The first-order chi connectivity index (χ1) is 14.8. The van der Waals surface area contributed by atoms with E-state index in [0.29, 0.717) is 21.5 Å². The standard InChI is InChI=1S/C24H24Cl3NO2S.ClH/c25-19-10-18(11-20(26)12-19)16-3-6-21(7-4-16)31-22-8-5-17(23(27)13-22)2-1-9-24(28,14-29)15-30;/h3-8,10-13,29-30H,1-2,9,14-15,28H2;1H. The maximum absolute atomic E-state index is 9.29. The third-order valence-electron chi connectivity index (χ3n) is 5.06. The van der Waals surface area contributed by atoms with Crippen LogP contribution in [0.2, 0.25) is 15.1 Å². The number of nitrogens with two attached hydrogens (primary N) is 1. The van der Waals surface area contributed by atoms with E-state index in [-0.39, 0.29) is 25.6 Å². The monoisotopic (exact) mass is 531 g/mol. The van der Waals surface area contributed by atoms with E-state index >= 15 is 0 Å². The highest BCUT2D eigenvalue weighted by molar-refractivity contribution is 7.99. The molecule has 3 nitrogen and oxygen atoms in total. The second kappa shape index (κ2) is 12.5. The van der Waals surface area contributed by atoms with Crippen molar-refractivity contribution >= 4 is 59.0 Å². The van der Waals surface area contributed by atoms with Crippen molar-refractivity contribution in [1.29, 1.82) is 0 Å². The molecule has 0 radical (unpaired) electrons. The Morgan fingerprint density at radius 1 is 0.781 bits per heavy atom. The molecule has 172 valence electrons. The van der Waals surface area contributed by atoms with Gasteiger partial charge in [0.2, 0.25) is 0 Å². The molecule has 0 aliphatic heterocycles. The molecule has 3 aromatic carbocycles.